The van der Waals surface area contributed by atoms with Crippen LogP contribution < -0.4 is 4.74 Å². The molecular formula is C16H19Br3O2. The van der Waals surface area contributed by atoms with Gasteiger partial charge in [-0.1, -0.05) is 61.6 Å². The van der Waals surface area contributed by atoms with E-state index in [0.29, 0.717) is 6.42 Å². The average molecular weight is 483 g/mol. The normalized spacial score (nSPS) is 40.9. The van der Waals surface area contributed by atoms with E-state index < -0.39 is 16.0 Å². The van der Waals surface area contributed by atoms with Crippen LogP contribution >= 0.6 is 47.8 Å². The first kappa shape index (κ1) is 16.3. The Balaban J connectivity index is 2.14. The van der Waals surface area contributed by atoms with E-state index in [-0.39, 0.29) is 10.2 Å². The Labute approximate surface area is 151 Å². The van der Waals surface area contributed by atoms with Gasteiger partial charge in [0.25, 0.3) is 0 Å². The summed E-state index contributed by atoms with van der Waals surface area (Å²) in [7, 11) is 0. The van der Waals surface area contributed by atoms with Crippen LogP contribution in [0, 0.1) is 5.41 Å². The Morgan fingerprint density at radius 2 is 1.95 bits per heavy atom. The van der Waals surface area contributed by atoms with Gasteiger partial charge < -0.3 is 9.84 Å². The molecule has 3 rings (SSSR count). The van der Waals surface area contributed by atoms with Crippen LogP contribution in [0.25, 0.3) is 0 Å². The second kappa shape index (κ2) is 4.96. The van der Waals surface area contributed by atoms with Gasteiger partial charge in [0, 0.05) is 21.1 Å². The third kappa shape index (κ3) is 2.10. The van der Waals surface area contributed by atoms with Crippen molar-refractivity contribution in [3.05, 3.63) is 28.2 Å². The number of hydrogen-bond donors (Lipinski definition) is 1. The molecule has 1 spiro atoms. The van der Waals surface area contributed by atoms with E-state index in [1.165, 1.54) is 5.56 Å². The lowest BCUT2D eigenvalue weighted by Crippen LogP contribution is -2.71. The highest BCUT2D eigenvalue weighted by molar-refractivity contribution is 9.10. The number of benzene rings is 1. The summed E-state index contributed by atoms with van der Waals surface area (Å²) in [6.07, 6.45) is 1.03. The summed E-state index contributed by atoms with van der Waals surface area (Å²) in [6, 6.07) is 6.13. The molecule has 1 aromatic rings. The number of rotatable bonds is 0. The highest BCUT2D eigenvalue weighted by atomic mass is 79.9. The Morgan fingerprint density at radius 3 is 2.62 bits per heavy atom. The predicted molar refractivity (Wildman–Crippen MR) is 95.7 cm³/mol. The quantitative estimate of drug-likeness (QED) is 0.537. The molecule has 21 heavy (non-hydrogen) atoms. The van der Waals surface area contributed by atoms with Crippen molar-refractivity contribution >= 4 is 47.8 Å². The highest BCUT2D eigenvalue weighted by Crippen LogP contribution is 2.61. The van der Waals surface area contributed by atoms with Gasteiger partial charge >= 0.3 is 0 Å². The summed E-state index contributed by atoms with van der Waals surface area (Å²) in [5.41, 5.74) is 0.571. The van der Waals surface area contributed by atoms with Crippen LogP contribution in [0.15, 0.2) is 22.7 Å². The SMILES string of the molecule is CC1(C)[C@@H](Br)C[C@H](O)[C@@](C)(Br)[C@@]12Cc1cc(Br)ccc1O2. The summed E-state index contributed by atoms with van der Waals surface area (Å²) >= 11 is 11.1. The van der Waals surface area contributed by atoms with Gasteiger partial charge in [0.15, 0.2) is 0 Å². The van der Waals surface area contributed by atoms with Gasteiger partial charge in [-0.15, -0.1) is 0 Å². The molecule has 5 heteroatoms. The summed E-state index contributed by atoms with van der Waals surface area (Å²) < 4.78 is 7.06. The van der Waals surface area contributed by atoms with E-state index in [4.69, 9.17) is 4.74 Å². The van der Waals surface area contributed by atoms with E-state index in [1.807, 2.05) is 12.1 Å². The first-order chi connectivity index (χ1) is 9.62. The van der Waals surface area contributed by atoms with Gasteiger partial charge in [-0.3, -0.25) is 0 Å². The molecule has 0 aromatic heterocycles. The number of ether oxygens (including phenoxy) is 1. The molecule has 1 aromatic carbocycles. The van der Waals surface area contributed by atoms with E-state index >= 15 is 0 Å². The topological polar surface area (TPSA) is 29.5 Å². The first-order valence-electron chi connectivity index (χ1n) is 7.10. The molecule has 2 nitrogen and oxygen atoms in total. The van der Waals surface area contributed by atoms with Crippen LogP contribution in [0.3, 0.4) is 0 Å². The maximum atomic E-state index is 10.6. The van der Waals surface area contributed by atoms with Gasteiger partial charge in [-0.2, -0.15) is 0 Å². The standard InChI is InChI=1S/C16H19Br3O2/c1-14(2)12(18)7-13(20)15(3,19)16(14)8-9-6-10(17)4-5-11(9)21-16/h4-6,12-13,20H,7-8H2,1-3H3/t12-,13-,15+,16+/m0/s1. The second-order valence-electron chi connectivity index (χ2n) is 6.87. The summed E-state index contributed by atoms with van der Waals surface area (Å²) in [5.74, 6) is 0.922. The smallest absolute Gasteiger partial charge is 0.137 e. The Morgan fingerprint density at radius 1 is 1.29 bits per heavy atom. The molecule has 2 aliphatic rings. The van der Waals surface area contributed by atoms with E-state index in [0.717, 1.165) is 16.6 Å². The molecule has 1 fully saturated rings. The molecule has 116 valence electrons. The Bertz CT molecular complexity index is 563. The molecular weight excluding hydrogens is 464 g/mol. The van der Waals surface area contributed by atoms with Crippen LogP contribution in [0.4, 0.5) is 0 Å². The molecule has 1 aliphatic heterocycles. The minimum absolute atomic E-state index is 0.129. The van der Waals surface area contributed by atoms with E-state index in [1.54, 1.807) is 0 Å². The van der Waals surface area contributed by atoms with Crippen LogP contribution in [-0.4, -0.2) is 26.0 Å². The Kier molecular flexibility index (Phi) is 3.84. The number of aliphatic hydroxyl groups is 1. The van der Waals surface area contributed by atoms with Crippen molar-refractivity contribution in [3.63, 3.8) is 0 Å². The van der Waals surface area contributed by atoms with Crippen LogP contribution in [-0.2, 0) is 6.42 Å². The van der Waals surface area contributed by atoms with Crippen LogP contribution in [0.1, 0.15) is 32.8 Å². The molecule has 1 heterocycles. The molecule has 0 radical (unpaired) electrons. The first-order valence-corrected chi connectivity index (χ1v) is 9.60. The minimum Gasteiger partial charge on any atom is -0.484 e. The van der Waals surface area contributed by atoms with Crippen molar-refractivity contribution < 1.29 is 9.84 Å². The molecule has 0 bridgehead atoms. The number of halogens is 3. The number of aliphatic hydroxyl groups excluding tert-OH is 1. The number of hydrogen-bond acceptors (Lipinski definition) is 2. The molecule has 1 N–H and O–H groups in total. The fourth-order valence-corrected chi connectivity index (χ4v) is 5.83. The molecule has 0 unspecified atom stereocenters. The van der Waals surface area contributed by atoms with Crippen molar-refractivity contribution in [2.75, 3.05) is 0 Å². The lowest BCUT2D eigenvalue weighted by atomic mass is 9.58. The molecule has 0 saturated heterocycles. The van der Waals surface area contributed by atoms with Crippen molar-refractivity contribution in [1.82, 2.24) is 0 Å². The van der Waals surface area contributed by atoms with Crippen molar-refractivity contribution in [2.24, 2.45) is 5.41 Å². The van der Waals surface area contributed by atoms with Crippen LogP contribution in [0.5, 0.6) is 5.75 Å². The van der Waals surface area contributed by atoms with E-state index in [2.05, 4.69) is 74.6 Å². The van der Waals surface area contributed by atoms with E-state index in [9.17, 15) is 5.11 Å². The van der Waals surface area contributed by atoms with Crippen molar-refractivity contribution in [2.45, 2.75) is 54.5 Å². The molecule has 1 aliphatic carbocycles. The largest absolute Gasteiger partial charge is 0.484 e. The summed E-state index contributed by atoms with van der Waals surface area (Å²) in [6.45, 7) is 6.50. The Hall–Kier alpha value is 0.420. The van der Waals surface area contributed by atoms with Crippen molar-refractivity contribution in [1.29, 1.82) is 0 Å². The monoisotopic (exact) mass is 480 g/mol. The van der Waals surface area contributed by atoms with Crippen LogP contribution in [0.2, 0.25) is 0 Å². The lowest BCUT2D eigenvalue weighted by molar-refractivity contribution is -0.116. The summed E-state index contributed by atoms with van der Waals surface area (Å²) in [5, 5.41) is 10.6. The molecule has 4 atom stereocenters. The van der Waals surface area contributed by atoms with Crippen molar-refractivity contribution in [3.8, 4) is 5.75 Å². The van der Waals surface area contributed by atoms with Gasteiger partial charge in [0.05, 0.1) is 10.4 Å². The highest BCUT2D eigenvalue weighted by Gasteiger charge is 2.68. The van der Waals surface area contributed by atoms with Gasteiger partial charge in [-0.25, -0.2) is 0 Å². The number of fused-ring (bicyclic) bond motifs is 1. The lowest BCUT2D eigenvalue weighted by Gasteiger charge is -2.59. The number of alkyl halides is 2. The zero-order valence-corrected chi connectivity index (χ0v) is 17.0. The average Bonchev–Trinajstić information content (AvgIpc) is 2.77. The maximum Gasteiger partial charge on any atom is 0.137 e. The predicted octanol–water partition coefficient (Wildman–Crippen LogP) is 4.83. The zero-order valence-electron chi connectivity index (χ0n) is 12.3. The fraction of sp³-hybridized carbons (Fsp3) is 0.625. The summed E-state index contributed by atoms with van der Waals surface area (Å²) in [4.78, 5) is 0.198. The second-order valence-corrected chi connectivity index (χ2v) is 10.5. The molecule has 0 amide bonds. The molecule has 1 saturated carbocycles. The van der Waals surface area contributed by atoms with Gasteiger partial charge in [0.2, 0.25) is 0 Å². The zero-order chi connectivity index (χ0) is 15.6. The maximum absolute atomic E-state index is 10.6. The third-order valence-corrected chi connectivity index (χ3v) is 8.60. The van der Waals surface area contributed by atoms with Gasteiger partial charge in [0.1, 0.15) is 11.4 Å². The fourth-order valence-electron chi connectivity index (χ4n) is 3.77. The third-order valence-electron chi connectivity index (χ3n) is 5.42. The van der Waals surface area contributed by atoms with Gasteiger partial charge in [-0.05, 0) is 37.1 Å². The minimum atomic E-state index is -0.501.